The van der Waals surface area contributed by atoms with Crippen LogP contribution < -0.4 is 11.1 Å². The molecule has 1 atom stereocenters. The van der Waals surface area contributed by atoms with Crippen molar-refractivity contribution in [3.8, 4) is 0 Å². The van der Waals surface area contributed by atoms with Crippen LogP contribution in [0.25, 0.3) is 0 Å². The molecule has 0 aliphatic carbocycles. The maximum atomic E-state index is 11.9. The number of carbonyl (C=O) groups excluding carboxylic acids is 1. The average Bonchev–Trinajstić information content (AvgIpc) is 2.63. The van der Waals surface area contributed by atoms with Gasteiger partial charge < -0.3 is 11.1 Å². The quantitative estimate of drug-likeness (QED) is 0.810. The largest absolute Gasteiger partial charge is 0.396 e. The fourth-order valence-electron chi connectivity index (χ4n) is 1.21. The maximum Gasteiger partial charge on any atom is 0.244 e. The van der Waals surface area contributed by atoms with E-state index in [-0.39, 0.29) is 17.5 Å². The summed E-state index contributed by atoms with van der Waals surface area (Å²) in [6, 6.07) is -0.344. The topological polar surface area (TPSA) is 72.9 Å². The van der Waals surface area contributed by atoms with Crippen molar-refractivity contribution in [2.24, 2.45) is 0 Å². The fourth-order valence-corrected chi connectivity index (χ4v) is 1.21. The molecule has 5 heteroatoms. The molecule has 90 valence electrons. The van der Waals surface area contributed by atoms with E-state index in [1.807, 2.05) is 20.8 Å². The predicted octanol–water partition coefficient (Wildman–Crippen LogP) is 1.33. The third-order valence-corrected chi connectivity index (χ3v) is 2.74. The smallest absolute Gasteiger partial charge is 0.244 e. The Bertz CT molecular complexity index is 370. The summed E-state index contributed by atoms with van der Waals surface area (Å²) in [5.74, 6) is -0.0463. The van der Waals surface area contributed by atoms with Crippen LogP contribution in [0.3, 0.4) is 0 Å². The second-order valence-electron chi connectivity index (χ2n) is 4.66. The van der Waals surface area contributed by atoms with Gasteiger partial charge in [0.15, 0.2) is 0 Å². The first-order valence-corrected chi connectivity index (χ1v) is 5.47. The number of nitrogens with zero attached hydrogens (tertiary/aromatic N) is 2. The van der Waals surface area contributed by atoms with Crippen molar-refractivity contribution in [2.75, 3.05) is 5.73 Å². The summed E-state index contributed by atoms with van der Waals surface area (Å²) >= 11 is 0. The monoisotopic (exact) mass is 224 g/mol. The predicted molar refractivity (Wildman–Crippen MR) is 63.9 cm³/mol. The van der Waals surface area contributed by atoms with Gasteiger partial charge >= 0.3 is 0 Å². The van der Waals surface area contributed by atoms with Gasteiger partial charge in [0.05, 0.1) is 11.9 Å². The molecule has 1 aromatic heterocycles. The van der Waals surface area contributed by atoms with Crippen LogP contribution in [0.1, 0.15) is 40.2 Å². The lowest BCUT2D eigenvalue weighted by atomic mass is 10.0. The second kappa shape index (κ2) is 4.55. The Morgan fingerprint density at radius 3 is 2.75 bits per heavy atom. The Labute approximate surface area is 96.0 Å². The van der Waals surface area contributed by atoms with Crippen molar-refractivity contribution in [1.82, 2.24) is 15.1 Å². The van der Waals surface area contributed by atoms with Gasteiger partial charge in [-0.1, -0.05) is 6.92 Å². The molecule has 1 amide bonds. The van der Waals surface area contributed by atoms with E-state index in [0.29, 0.717) is 5.69 Å². The van der Waals surface area contributed by atoms with Crippen molar-refractivity contribution in [3.63, 3.8) is 0 Å². The Kier molecular flexibility index (Phi) is 3.57. The molecule has 1 heterocycles. The van der Waals surface area contributed by atoms with Gasteiger partial charge in [0.2, 0.25) is 5.91 Å². The number of hydrogen-bond donors (Lipinski definition) is 2. The van der Waals surface area contributed by atoms with E-state index >= 15 is 0 Å². The number of nitrogens with two attached hydrogens (primary N) is 1. The zero-order chi connectivity index (χ0) is 12.3. The summed E-state index contributed by atoms with van der Waals surface area (Å²) in [4.78, 5) is 11.9. The summed E-state index contributed by atoms with van der Waals surface area (Å²) in [6.45, 7) is 7.83. The summed E-state index contributed by atoms with van der Waals surface area (Å²) in [6.07, 6.45) is 4.07. The van der Waals surface area contributed by atoms with E-state index in [1.165, 1.54) is 6.20 Å². The van der Waals surface area contributed by atoms with Crippen LogP contribution in [-0.4, -0.2) is 21.2 Å². The van der Waals surface area contributed by atoms with Crippen LogP contribution in [0.15, 0.2) is 12.4 Å². The van der Waals surface area contributed by atoms with Crippen LogP contribution in [0.2, 0.25) is 0 Å². The molecule has 0 aromatic carbocycles. The minimum atomic E-state index is -0.344. The van der Waals surface area contributed by atoms with Crippen LogP contribution >= 0.6 is 0 Å². The Hall–Kier alpha value is -1.52. The number of aromatic nitrogens is 2. The van der Waals surface area contributed by atoms with E-state index in [2.05, 4.69) is 10.4 Å². The van der Waals surface area contributed by atoms with Crippen molar-refractivity contribution < 1.29 is 4.79 Å². The number of hydrogen-bond acceptors (Lipinski definition) is 3. The summed E-state index contributed by atoms with van der Waals surface area (Å²) in [5, 5.41) is 7.00. The van der Waals surface area contributed by atoms with Gasteiger partial charge in [0.25, 0.3) is 0 Å². The molecular weight excluding hydrogens is 204 g/mol. The first-order valence-electron chi connectivity index (χ1n) is 5.47. The Morgan fingerprint density at radius 1 is 1.69 bits per heavy atom. The second-order valence-corrected chi connectivity index (χ2v) is 4.66. The third-order valence-electron chi connectivity index (χ3n) is 2.74. The molecule has 0 fully saturated rings. The van der Waals surface area contributed by atoms with Crippen molar-refractivity contribution >= 4 is 11.6 Å². The molecule has 1 aromatic rings. The highest BCUT2D eigenvalue weighted by Gasteiger charge is 2.22. The van der Waals surface area contributed by atoms with E-state index in [9.17, 15) is 4.79 Å². The Morgan fingerprint density at radius 2 is 2.31 bits per heavy atom. The lowest BCUT2D eigenvalue weighted by Gasteiger charge is -2.26. The third kappa shape index (κ3) is 2.98. The highest BCUT2D eigenvalue weighted by Crippen LogP contribution is 2.12. The molecule has 3 N–H and O–H groups in total. The first-order chi connectivity index (χ1) is 7.35. The molecule has 16 heavy (non-hydrogen) atoms. The zero-order valence-corrected chi connectivity index (χ0v) is 10.3. The van der Waals surface area contributed by atoms with E-state index in [1.54, 1.807) is 17.8 Å². The molecule has 0 bridgehead atoms. The number of rotatable bonds is 4. The van der Waals surface area contributed by atoms with Crippen LogP contribution in [0, 0.1) is 0 Å². The molecular formula is C11H20N4O. The SMILES string of the molecule is CCC(C)(C)NC(=O)C(C)n1cc(N)cn1. The maximum absolute atomic E-state index is 11.9. The lowest BCUT2D eigenvalue weighted by Crippen LogP contribution is -2.45. The van der Waals surface area contributed by atoms with Gasteiger partial charge in [0, 0.05) is 11.7 Å². The molecule has 0 radical (unpaired) electrons. The standard InChI is InChI=1S/C11H20N4O/c1-5-11(3,4)14-10(16)8(2)15-7-9(12)6-13-15/h6-8H,5,12H2,1-4H3,(H,14,16). The average molecular weight is 224 g/mol. The molecule has 0 spiro atoms. The minimum Gasteiger partial charge on any atom is -0.396 e. The molecule has 1 rings (SSSR count). The van der Waals surface area contributed by atoms with Gasteiger partial charge in [-0.3, -0.25) is 9.48 Å². The van der Waals surface area contributed by atoms with Crippen LogP contribution in [0.4, 0.5) is 5.69 Å². The number of carbonyl (C=O) groups is 1. The highest BCUT2D eigenvalue weighted by atomic mass is 16.2. The number of anilines is 1. The molecule has 0 saturated heterocycles. The fraction of sp³-hybridized carbons (Fsp3) is 0.636. The number of nitrogen functional groups attached to an aromatic ring is 1. The van der Waals surface area contributed by atoms with Gasteiger partial charge in [-0.25, -0.2) is 0 Å². The lowest BCUT2D eigenvalue weighted by molar-refractivity contribution is -0.125. The summed E-state index contributed by atoms with van der Waals surface area (Å²) < 4.78 is 1.57. The molecule has 1 unspecified atom stereocenters. The molecule has 5 nitrogen and oxygen atoms in total. The van der Waals surface area contributed by atoms with Gasteiger partial charge in [-0.15, -0.1) is 0 Å². The number of amides is 1. The van der Waals surface area contributed by atoms with Crippen LogP contribution in [-0.2, 0) is 4.79 Å². The summed E-state index contributed by atoms with van der Waals surface area (Å²) in [5.41, 5.74) is 5.93. The first kappa shape index (κ1) is 12.5. The van der Waals surface area contributed by atoms with E-state index in [0.717, 1.165) is 6.42 Å². The van der Waals surface area contributed by atoms with E-state index in [4.69, 9.17) is 5.73 Å². The molecule has 0 saturated carbocycles. The van der Waals surface area contributed by atoms with Crippen molar-refractivity contribution in [2.45, 2.75) is 45.7 Å². The van der Waals surface area contributed by atoms with Gasteiger partial charge in [-0.2, -0.15) is 5.10 Å². The van der Waals surface area contributed by atoms with Crippen molar-refractivity contribution in [1.29, 1.82) is 0 Å². The molecule has 0 aliphatic heterocycles. The Balaban J connectivity index is 2.68. The minimum absolute atomic E-state index is 0.0463. The van der Waals surface area contributed by atoms with Gasteiger partial charge in [-0.05, 0) is 27.2 Å². The van der Waals surface area contributed by atoms with E-state index < -0.39 is 0 Å². The van der Waals surface area contributed by atoms with Crippen LogP contribution in [0.5, 0.6) is 0 Å². The summed E-state index contributed by atoms with van der Waals surface area (Å²) in [7, 11) is 0. The molecule has 0 aliphatic rings. The van der Waals surface area contributed by atoms with Crippen molar-refractivity contribution in [3.05, 3.63) is 12.4 Å². The zero-order valence-electron chi connectivity index (χ0n) is 10.3. The number of nitrogens with one attached hydrogen (secondary N) is 1. The normalized spacial score (nSPS) is 13.5. The highest BCUT2D eigenvalue weighted by molar-refractivity contribution is 5.80. The van der Waals surface area contributed by atoms with Gasteiger partial charge in [0.1, 0.15) is 6.04 Å².